The van der Waals surface area contributed by atoms with Crippen LogP contribution in [0.4, 0.5) is 0 Å². The highest BCUT2D eigenvalue weighted by Crippen LogP contribution is 2.29. The van der Waals surface area contributed by atoms with Crippen LogP contribution >= 0.6 is 11.3 Å². The van der Waals surface area contributed by atoms with E-state index in [2.05, 4.69) is 5.16 Å². The van der Waals surface area contributed by atoms with E-state index in [1.165, 1.54) is 11.3 Å². The monoisotopic (exact) mass is 299 g/mol. The summed E-state index contributed by atoms with van der Waals surface area (Å²) in [6.07, 6.45) is 0. The minimum atomic E-state index is -0.349. The van der Waals surface area contributed by atoms with E-state index in [9.17, 15) is 4.79 Å². The molecule has 3 aromatic rings. The number of carbonyl (C=O) groups excluding carboxylic acids is 1. The number of aromatic nitrogens is 1. The van der Waals surface area contributed by atoms with E-state index in [-0.39, 0.29) is 12.6 Å². The molecule has 106 valence electrons. The highest BCUT2D eigenvalue weighted by atomic mass is 32.1. The van der Waals surface area contributed by atoms with E-state index in [1.54, 1.807) is 6.07 Å². The molecule has 2 aromatic heterocycles. The van der Waals surface area contributed by atoms with Crippen LogP contribution in [0.5, 0.6) is 0 Å². The lowest BCUT2D eigenvalue weighted by Crippen LogP contribution is -2.04. The third-order valence-electron chi connectivity index (χ3n) is 2.96. The Morgan fingerprint density at radius 1 is 1.29 bits per heavy atom. The van der Waals surface area contributed by atoms with E-state index < -0.39 is 0 Å². The highest BCUT2D eigenvalue weighted by molar-refractivity contribution is 7.12. The summed E-state index contributed by atoms with van der Waals surface area (Å²) in [5.41, 5.74) is 2.66. The zero-order chi connectivity index (χ0) is 14.7. The quantitative estimate of drug-likeness (QED) is 0.681. The van der Waals surface area contributed by atoms with E-state index in [0.717, 1.165) is 16.8 Å². The zero-order valence-electron chi connectivity index (χ0n) is 11.4. The van der Waals surface area contributed by atoms with Crippen LogP contribution in [-0.2, 0) is 11.3 Å². The molecule has 0 bridgehead atoms. The van der Waals surface area contributed by atoms with Gasteiger partial charge in [-0.05, 0) is 23.9 Å². The molecule has 5 heteroatoms. The molecule has 0 unspecified atom stereocenters. The molecule has 0 aliphatic carbocycles. The molecule has 0 amide bonds. The van der Waals surface area contributed by atoms with Gasteiger partial charge in [0.05, 0.1) is 5.69 Å². The maximum Gasteiger partial charge on any atom is 0.349 e. The van der Waals surface area contributed by atoms with Gasteiger partial charge in [-0.15, -0.1) is 11.3 Å². The van der Waals surface area contributed by atoms with Crippen molar-refractivity contribution in [3.8, 4) is 11.1 Å². The second-order valence-electron chi connectivity index (χ2n) is 4.54. The second-order valence-corrected chi connectivity index (χ2v) is 5.46. The number of hydrogen-bond donors (Lipinski definition) is 0. The van der Waals surface area contributed by atoms with Crippen molar-refractivity contribution in [2.24, 2.45) is 0 Å². The number of thiophene rings is 1. The summed E-state index contributed by atoms with van der Waals surface area (Å²) in [5.74, 6) is 0.191. The first-order valence-corrected chi connectivity index (χ1v) is 7.34. The molecule has 0 spiro atoms. The van der Waals surface area contributed by atoms with Crippen molar-refractivity contribution in [1.29, 1.82) is 0 Å². The molecule has 0 fully saturated rings. The van der Waals surface area contributed by atoms with Crippen LogP contribution in [0.2, 0.25) is 0 Å². The fourth-order valence-electron chi connectivity index (χ4n) is 2.00. The summed E-state index contributed by atoms with van der Waals surface area (Å²) in [5, 5.41) is 5.65. The van der Waals surface area contributed by atoms with Crippen molar-refractivity contribution in [2.45, 2.75) is 13.5 Å². The third-order valence-corrected chi connectivity index (χ3v) is 3.85. The average Bonchev–Trinajstić information content (AvgIpc) is 3.14. The Balaban J connectivity index is 1.75. The molecular weight excluding hydrogens is 286 g/mol. The van der Waals surface area contributed by atoms with E-state index >= 15 is 0 Å². The number of esters is 1. The summed E-state index contributed by atoms with van der Waals surface area (Å²) >= 11 is 1.37. The van der Waals surface area contributed by atoms with E-state index in [0.29, 0.717) is 10.6 Å². The first kappa shape index (κ1) is 13.6. The summed E-state index contributed by atoms with van der Waals surface area (Å²) < 4.78 is 10.3. The van der Waals surface area contributed by atoms with E-state index in [4.69, 9.17) is 9.26 Å². The van der Waals surface area contributed by atoms with Crippen molar-refractivity contribution < 1.29 is 14.1 Å². The lowest BCUT2D eigenvalue weighted by atomic mass is 10.1. The summed E-state index contributed by atoms with van der Waals surface area (Å²) in [4.78, 5) is 12.8. The predicted octanol–water partition coefficient (Wildman–Crippen LogP) is 4.07. The molecule has 0 aliphatic heterocycles. The maximum absolute atomic E-state index is 12.2. The Morgan fingerprint density at radius 3 is 2.81 bits per heavy atom. The van der Waals surface area contributed by atoms with Crippen molar-refractivity contribution in [3.05, 3.63) is 64.2 Å². The van der Waals surface area contributed by atoms with Crippen LogP contribution in [0.3, 0.4) is 0 Å². The molecular formula is C16H13NO3S. The maximum atomic E-state index is 12.2. The zero-order valence-corrected chi connectivity index (χ0v) is 12.2. The molecule has 1 aromatic carbocycles. The number of hydrogen-bond acceptors (Lipinski definition) is 5. The summed E-state index contributed by atoms with van der Waals surface area (Å²) in [6.45, 7) is 1.91. The van der Waals surface area contributed by atoms with Crippen LogP contribution in [0, 0.1) is 6.92 Å². The SMILES string of the molecule is Cc1cc(COC(=O)c2sccc2-c2ccccc2)on1. The largest absolute Gasteiger partial charge is 0.453 e. The van der Waals surface area contributed by atoms with Crippen molar-refractivity contribution in [1.82, 2.24) is 5.16 Å². The predicted molar refractivity (Wildman–Crippen MR) is 80.1 cm³/mol. The smallest absolute Gasteiger partial charge is 0.349 e. The minimum Gasteiger partial charge on any atom is -0.453 e. The van der Waals surface area contributed by atoms with Gasteiger partial charge >= 0.3 is 5.97 Å². The Kier molecular flexibility index (Phi) is 3.83. The molecule has 0 radical (unpaired) electrons. The standard InChI is InChI=1S/C16H13NO3S/c1-11-9-13(20-17-11)10-19-16(18)15-14(7-8-21-15)12-5-3-2-4-6-12/h2-9H,10H2,1H3. The van der Waals surface area contributed by atoms with Gasteiger partial charge in [0.25, 0.3) is 0 Å². The van der Waals surface area contributed by atoms with Gasteiger partial charge in [-0.3, -0.25) is 0 Å². The lowest BCUT2D eigenvalue weighted by Gasteiger charge is -2.04. The first-order valence-electron chi connectivity index (χ1n) is 6.46. The summed E-state index contributed by atoms with van der Waals surface area (Å²) in [6, 6.07) is 13.4. The molecule has 4 nitrogen and oxygen atoms in total. The first-order chi connectivity index (χ1) is 10.2. The average molecular weight is 299 g/mol. The van der Waals surface area contributed by atoms with Crippen molar-refractivity contribution in [2.75, 3.05) is 0 Å². The number of ether oxygens (including phenoxy) is 1. The van der Waals surface area contributed by atoms with Gasteiger partial charge in [-0.1, -0.05) is 35.5 Å². The number of aryl methyl sites for hydroxylation is 1. The lowest BCUT2D eigenvalue weighted by molar-refractivity contribution is 0.0444. The van der Waals surface area contributed by atoms with Gasteiger partial charge in [-0.2, -0.15) is 0 Å². The van der Waals surface area contributed by atoms with Crippen LogP contribution in [0.25, 0.3) is 11.1 Å². The topological polar surface area (TPSA) is 52.3 Å². The molecule has 2 heterocycles. The molecule has 0 atom stereocenters. The van der Waals surface area contributed by atoms with Gasteiger partial charge in [0, 0.05) is 11.6 Å². The van der Waals surface area contributed by atoms with Gasteiger partial charge in [0.15, 0.2) is 12.4 Å². The van der Waals surface area contributed by atoms with Crippen molar-refractivity contribution in [3.63, 3.8) is 0 Å². The normalized spacial score (nSPS) is 10.5. The third kappa shape index (κ3) is 3.03. The highest BCUT2D eigenvalue weighted by Gasteiger charge is 2.16. The molecule has 0 saturated carbocycles. The van der Waals surface area contributed by atoms with Crippen LogP contribution in [-0.4, -0.2) is 11.1 Å². The molecule has 0 N–H and O–H groups in total. The van der Waals surface area contributed by atoms with Gasteiger partial charge in [0.1, 0.15) is 4.88 Å². The van der Waals surface area contributed by atoms with Gasteiger partial charge in [0.2, 0.25) is 0 Å². The second kappa shape index (κ2) is 5.93. The Bertz CT molecular complexity index is 746. The number of carbonyl (C=O) groups is 1. The Labute approximate surface area is 126 Å². The molecule has 0 aliphatic rings. The van der Waals surface area contributed by atoms with Gasteiger partial charge in [-0.25, -0.2) is 4.79 Å². The van der Waals surface area contributed by atoms with Gasteiger partial charge < -0.3 is 9.26 Å². The molecule has 21 heavy (non-hydrogen) atoms. The number of nitrogens with zero attached hydrogens (tertiary/aromatic N) is 1. The van der Waals surface area contributed by atoms with Crippen molar-refractivity contribution >= 4 is 17.3 Å². The molecule has 3 rings (SSSR count). The Morgan fingerprint density at radius 2 is 2.10 bits per heavy atom. The van der Waals surface area contributed by atoms with E-state index in [1.807, 2.05) is 48.7 Å². The number of benzene rings is 1. The van der Waals surface area contributed by atoms with Crippen LogP contribution < -0.4 is 0 Å². The fraction of sp³-hybridized carbons (Fsp3) is 0.125. The minimum absolute atomic E-state index is 0.0891. The summed E-state index contributed by atoms with van der Waals surface area (Å²) in [7, 11) is 0. The molecule has 0 saturated heterocycles. The van der Waals surface area contributed by atoms with Crippen LogP contribution in [0.1, 0.15) is 21.1 Å². The fourth-order valence-corrected chi connectivity index (χ4v) is 2.81. The Hall–Kier alpha value is -2.40. The van der Waals surface area contributed by atoms with Crippen LogP contribution in [0.15, 0.2) is 52.4 Å². The number of rotatable bonds is 4.